The fourth-order valence-electron chi connectivity index (χ4n) is 3.06. The lowest BCUT2D eigenvalue weighted by atomic mass is 10.1. The van der Waals surface area contributed by atoms with Crippen molar-refractivity contribution < 1.29 is 4.74 Å². The molecule has 0 bridgehead atoms. The van der Waals surface area contributed by atoms with Crippen molar-refractivity contribution in [2.75, 3.05) is 12.5 Å². The van der Waals surface area contributed by atoms with E-state index in [0.717, 1.165) is 15.6 Å². The number of para-hydroxylation sites is 2. The molecule has 4 aromatic rings. The average molecular weight is 436 g/mol. The number of hydrogen-bond donors (Lipinski definition) is 1. The smallest absolute Gasteiger partial charge is 0.280 e. The summed E-state index contributed by atoms with van der Waals surface area (Å²) in [5.41, 5.74) is 5.53. The number of nitrogens with one attached hydrogen (secondary N) is 1. The minimum absolute atomic E-state index is 0.149. The van der Waals surface area contributed by atoms with E-state index in [2.05, 4.69) is 21.4 Å². The molecule has 140 valence electrons. The normalized spacial score (nSPS) is 10.8. The molecule has 0 saturated carbocycles. The van der Waals surface area contributed by atoms with Gasteiger partial charge >= 0.3 is 0 Å². The monoisotopic (exact) mass is 435 g/mol. The van der Waals surface area contributed by atoms with Crippen molar-refractivity contribution in [1.29, 1.82) is 0 Å². The van der Waals surface area contributed by atoms with Crippen LogP contribution in [0.2, 0.25) is 0 Å². The first-order chi connectivity index (χ1) is 13.7. The Balaban J connectivity index is 1.86. The molecule has 0 amide bonds. The van der Waals surface area contributed by atoms with Crippen LogP contribution in [0.15, 0.2) is 82.1 Å². The van der Waals surface area contributed by atoms with Gasteiger partial charge in [0.25, 0.3) is 5.56 Å². The molecule has 1 N–H and O–H groups in total. The second-order valence-electron chi connectivity index (χ2n) is 6.25. The first kappa shape index (κ1) is 18.3. The molecule has 0 aliphatic carbocycles. The second kappa shape index (κ2) is 7.86. The highest BCUT2D eigenvalue weighted by molar-refractivity contribution is 9.10. The molecule has 0 fully saturated rings. The molecule has 0 atom stereocenters. The highest BCUT2D eigenvalue weighted by Crippen LogP contribution is 2.28. The first-order valence-electron chi connectivity index (χ1n) is 8.81. The van der Waals surface area contributed by atoms with E-state index in [4.69, 9.17) is 9.72 Å². The molecular weight excluding hydrogens is 418 g/mol. The maximum Gasteiger partial charge on any atom is 0.280 e. The minimum Gasteiger partial charge on any atom is -0.496 e. The van der Waals surface area contributed by atoms with Gasteiger partial charge in [0.15, 0.2) is 5.82 Å². The fraction of sp³-hybridized carbons (Fsp3) is 0.0909. The molecule has 6 heteroatoms. The van der Waals surface area contributed by atoms with Crippen LogP contribution in [0.25, 0.3) is 22.3 Å². The zero-order chi connectivity index (χ0) is 19.5. The van der Waals surface area contributed by atoms with E-state index in [1.165, 1.54) is 4.68 Å². The van der Waals surface area contributed by atoms with Crippen LogP contribution in [0, 0.1) is 0 Å². The summed E-state index contributed by atoms with van der Waals surface area (Å²) in [6.07, 6.45) is 0. The maximum absolute atomic E-state index is 13.2. The summed E-state index contributed by atoms with van der Waals surface area (Å²) in [5, 5.41) is 0.560. The van der Waals surface area contributed by atoms with Gasteiger partial charge in [-0.15, -0.1) is 0 Å². The summed E-state index contributed by atoms with van der Waals surface area (Å²) in [6.45, 7) is 0.482. The summed E-state index contributed by atoms with van der Waals surface area (Å²) in [6, 6.07) is 22.8. The number of nitrogens with zero attached hydrogens (tertiary/aromatic N) is 2. The van der Waals surface area contributed by atoms with E-state index >= 15 is 0 Å². The topological polar surface area (TPSA) is 56.1 Å². The molecule has 0 aliphatic rings. The number of methoxy groups -OCH3 is 1. The largest absolute Gasteiger partial charge is 0.496 e. The van der Waals surface area contributed by atoms with Gasteiger partial charge in [0.2, 0.25) is 0 Å². The van der Waals surface area contributed by atoms with Crippen LogP contribution in [0.4, 0.5) is 0 Å². The van der Waals surface area contributed by atoms with E-state index in [1.807, 2.05) is 66.7 Å². The van der Waals surface area contributed by atoms with Crippen molar-refractivity contribution in [3.63, 3.8) is 0 Å². The predicted octanol–water partition coefficient (Wildman–Crippen LogP) is 4.58. The third-order valence-electron chi connectivity index (χ3n) is 4.48. The zero-order valence-corrected chi connectivity index (χ0v) is 16.8. The summed E-state index contributed by atoms with van der Waals surface area (Å²) >= 11 is 3.44. The van der Waals surface area contributed by atoms with Crippen molar-refractivity contribution in [2.45, 2.75) is 6.54 Å². The molecule has 0 radical (unpaired) electrons. The van der Waals surface area contributed by atoms with Crippen molar-refractivity contribution in [3.05, 3.63) is 93.2 Å². The number of hydrogen-bond acceptors (Lipinski definition) is 4. The van der Waals surface area contributed by atoms with E-state index in [0.29, 0.717) is 29.0 Å². The molecule has 4 rings (SSSR count). The molecule has 0 unspecified atom stereocenters. The summed E-state index contributed by atoms with van der Waals surface area (Å²) < 4.78 is 8.01. The van der Waals surface area contributed by atoms with Crippen LogP contribution < -0.4 is 15.7 Å². The minimum atomic E-state index is -0.149. The quantitative estimate of drug-likeness (QED) is 0.498. The number of aromatic nitrogens is 2. The Hall–Kier alpha value is -3.12. The third kappa shape index (κ3) is 3.51. The lowest BCUT2D eigenvalue weighted by Gasteiger charge is -2.17. The molecule has 0 spiro atoms. The molecular formula is C22H18BrN3O2. The molecule has 0 saturated heterocycles. The van der Waals surface area contributed by atoms with Crippen LogP contribution in [-0.2, 0) is 6.54 Å². The predicted molar refractivity (Wildman–Crippen MR) is 115 cm³/mol. The van der Waals surface area contributed by atoms with E-state index in [-0.39, 0.29) is 5.56 Å². The van der Waals surface area contributed by atoms with Crippen molar-refractivity contribution in [2.24, 2.45) is 0 Å². The van der Waals surface area contributed by atoms with Crippen LogP contribution >= 0.6 is 15.9 Å². The lowest BCUT2D eigenvalue weighted by Crippen LogP contribution is -2.31. The Morgan fingerprint density at radius 1 is 1.00 bits per heavy atom. The van der Waals surface area contributed by atoms with Crippen molar-refractivity contribution in [3.8, 4) is 17.1 Å². The van der Waals surface area contributed by atoms with Gasteiger partial charge in [-0.2, -0.15) is 0 Å². The van der Waals surface area contributed by atoms with Gasteiger partial charge in [-0.1, -0.05) is 52.3 Å². The van der Waals surface area contributed by atoms with E-state index in [9.17, 15) is 4.79 Å². The van der Waals surface area contributed by atoms with Crippen LogP contribution in [0.5, 0.6) is 5.75 Å². The molecule has 3 aromatic carbocycles. The standard InChI is InChI=1S/C22H18BrN3O2/c1-28-20-9-5-3-7-18(20)21-25-19-8-4-2-6-17(19)22(27)26(21)24-14-15-10-12-16(23)13-11-15/h2-13,24H,14H2,1H3. The molecule has 1 aromatic heterocycles. The summed E-state index contributed by atoms with van der Waals surface area (Å²) in [7, 11) is 1.61. The zero-order valence-electron chi connectivity index (χ0n) is 15.2. The molecule has 5 nitrogen and oxygen atoms in total. The highest BCUT2D eigenvalue weighted by atomic mass is 79.9. The lowest BCUT2D eigenvalue weighted by molar-refractivity contribution is 0.416. The van der Waals surface area contributed by atoms with Crippen LogP contribution in [0.1, 0.15) is 5.56 Å². The SMILES string of the molecule is COc1ccccc1-c1nc2ccccc2c(=O)n1NCc1ccc(Br)cc1. The second-order valence-corrected chi connectivity index (χ2v) is 7.17. The third-order valence-corrected chi connectivity index (χ3v) is 5.01. The van der Waals surface area contributed by atoms with E-state index < -0.39 is 0 Å². The number of ether oxygens (including phenoxy) is 1. The Kier molecular flexibility index (Phi) is 5.12. The number of benzene rings is 3. The van der Waals surface area contributed by atoms with Crippen molar-refractivity contribution >= 4 is 26.8 Å². The molecule has 28 heavy (non-hydrogen) atoms. The van der Waals surface area contributed by atoms with Gasteiger partial charge in [-0.3, -0.25) is 4.79 Å². The van der Waals surface area contributed by atoms with Crippen LogP contribution in [0.3, 0.4) is 0 Å². The average Bonchev–Trinajstić information content (AvgIpc) is 2.74. The fourth-order valence-corrected chi connectivity index (χ4v) is 3.33. The van der Waals surface area contributed by atoms with Gasteiger partial charge in [-0.25, -0.2) is 9.66 Å². The molecule has 0 aliphatic heterocycles. The van der Waals surface area contributed by atoms with Gasteiger partial charge in [0.1, 0.15) is 5.75 Å². The van der Waals surface area contributed by atoms with Gasteiger partial charge < -0.3 is 10.2 Å². The Labute approximate surface area is 170 Å². The highest BCUT2D eigenvalue weighted by Gasteiger charge is 2.16. The molecule has 1 heterocycles. The van der Waals surface area contributed by atoms with Gasteiger partial charge in [-0.05, 0) is 42.0 Å². The maximum atomic E-state index is 13.2. The number of halogens is 1. The van der Waals surface area contributed by atoms with Gasteiger partial charge in [0.05, 0.1) is 30.1 Å². The number of rotatable bonds is 5. The Bertz CT molecular complexity index is 1190. The van der Waals surface area contributed by atoms with Crippen molar-refractivity contribution in [1.82, 2.24) is 9.66 Å². The summed E-state index contributed by atoms with van der Waals surface area (Å²) in [5.74, 6) is 1.17. The number of fused-ring (bicyclic) bond motifs is 1. The Morgan fingerprint density at radius 3 is 2.50 bits per heavy atom. The Morgan fingerprint density at radius 2 is 1.71 bits per heavy atom. The first-order valence-corrected chi connectivity index (χ1v) is 9.60. The van der Waals surface area contributed by atoms with Gasteiger partial charge in [0, 0.05) is 4.47 Å². The van der Waals surface area contributed by atoms with Crippen LogP contribution in [-0.4, -0.2) is 16.8 Å². The summed E-state index contributed by atoms with van der Waals surface area (Å²) in [4.78, 5) is 18.0. The van der Waals surface area contributed by atoms with E-state index in [1.54, 1.807) is 13.2 Å².